The minimum absolute atomic E-state index is 0.0185. The third-order valence-electron chi connectivity index (χ3n) is 5.25. The topological polar surface area (TPSA) is 73.5 Å². The quantitative estimate of drug-likeness (QED) is 0.721. The van der Waals surface area contributed by atoms with Crippen LogP contribution in [-0.2, 0) is 9.59 Å². The number of nitrogens with zero attached hydrogens (tertiary/aromatic N) is 1. The third kappa shape index (κ3) is 5.54. The highest BCUT2D eigenvalue weighted by molar-refractivity contribution is 5.92. The Hall–Kier alpha value is -1.92. The Labute approximate surface area is 155 Å². The monoisotopic (exact) mass is 358 g/mol. The largest absolute Gasteiger partial charge is 0.354 e. The first-order valence-corrected chi connectivity index (χ1v) is 9.70. The molecule has 6 heteroatoms. The molecule has 2 fully saturated rings. The van der Waals surface area contributed by atoms with Crippen molar-refractivity contribution in [1.82, 2.24) is 15.5 Å². The van der Waals surface area contributed by atoms with E-state index >= 15 is 0 Å². The van der Waals surface area contributed by atoms with E-state index in [1.165, 1.54) is 5.56 Å². The van der Waals surface area contributed by atoms with Crippen LogP contribution in [0.1, 0.15) is 31.2 Å². The fraction of sp³-hybridized carbons (Fsp3) is 0.600. The van der Waals surface area contributed by atoms with Gasteiger partial charge in [-0.15, -0.1) is 0 Å². The van der Waals surface area contributed by atoms with Crippen LogP contribution in [0, 0.1) is 12.8 Å². The van der Waals surface area contributed by atoms with E-state index < -0.39 is 0 Å². The summed E-state index contributed by atoms with van der Waals surface area (Å²) < 4.78 is 0. The van der Waals surface area contributed by atoms with E-state index in [0.717, 1.165) is 51.0 Å². The highest BCUT2D eigenvalue weighted by Gasteiger charge is 2.25. The fourth-order valence-electron chi connectivity index (χ4n) is 3.78. The molecule has 0 spiro atoms. The zero-order valence-electron chi connectivity index (χ0n) is 15.6. The summed E-state index contributed by atoms with van der Waals surface area (Å²) in [4.78, 5) is 26.6. The van der Waals surface area contributed by atoms with E-state index in [0.29, 0.717) is 19.0 Å². The molecule has 0 radical (unpaired) electrons. The molecule has 0 saturated carbocycles. The predicted octanol–water partition coefficient (Wildman–Crippen LogP) is 1.51. The summed E-state index contributed by atoms with van der Waals surface area (Å²) in [6, 6.07) is 7.83. The van der Waals surface area contributed by atoms with E-state index in [9.17, 15) is 9.59 Å². The fourth-order valence-corrected chi connectivity index (χ4v) is 3.78. The molecule has 0 aromatic heterocycles. The molecule has 2 saturated heterocycles. The minimum atomic E-state index is -0.0185. The zero-order chi connectivity index (χ0) is 18.4. The van der Waals surface area contributed by atoms with Gasteiger partial charge in [-0.3, -0.25) is 14.5 Å². The normalized spacial score (nSPS) is 23.6. The Morgan fingerprint density at radius 2 is 2.00 bits per heavy atom. The van der Waals surface area contributed by atoms with Crippen molar-refractivity contribution in [2.75, 3.05) is 38.0 Å². The summed E-state index contributed by atoms with van der Waals surface area (Å²) in [6.45, 7) is 5.87. The number of carbonyl (C=O) groups is 2. The molecule has 1 aromatic carbocycles. The van der Waals surface area contributed by atoms with Crippen LogP contribution in [0.15, 0.2) is 24.3 Å². The van der Waals surface area contributed by atoms with Crippen LogP contribution in [0.25, 0.3) is 0 Å². The SMILES string of the molecule is Cc1ccc(NC(=O)CN2CCCC(CNC(=O)C3CCCN3)C2)cc1. The van der Waals surface area contributed by atoms with E-state index in [1.54, 1.807) is 0 Å². The summed E-state index contributed by atoms with van der Waals surface area (Å²) in [7, 11) is 0. The van der Waals surface area contributed by atoms with Crippen molar-refractivity contribution in [3.63, 3.8) is 0 Å². The molecule has 142 valence electrons. The van der Waals surface area contributed by atoms with Crippen LogP contribution in [0.3, 0.4) is 0 Å². The van der Waals surface area contributed by atoms with Crippen molar-refractivity contribution in [3.05, 3.63) is 29.8 Å². The number of carbonyl (C=O) groups excluding carboxylic acids is 2. The lowest BCUT2D eigenvalue weighted by Gasteiger charge is -2.32. The van der Waals surface area contributed by atoms with Crippen LogP contribution < -0.4 is 16.0 Å². The summed E-state index contributed by atoms with van der Waals surface area (Å²) in [5, 5.41) is 9.27. The van der Waals surface area contributed by atoms with Gasteiger partial charge in [0.2, 0.25) is 11.8 Å². The lowest BCUT2D eigenvalue weighted by atomic mass is 9.98. The van der Waals surface area contributed by atoms with E-state index in [-0.39, 0.29) is 17.9 Å². The number of anilines is 1. The summed E-state index contributed by atoms with van der Waals surface area (Å²) in [5.74, 6) is 0.562. The second-order valence-corrected chi connectivity index (χ2v) is 7.55. The van der Waals surface area contributed by atoms with Crippen LogP contribution in [0.2, 0.25) is 0 Å². The summed E-state index contributed by atoms with van der Waals surface area (Å²) in [5.41, 5.74) is 2.02. The highest BCUT2D eigenvalue weighted by Crippen LogP contribution is 2.16. The van der Waals surface area contributed by atoms with Crippen molar-refractivity contribution < 1.29 is 9.59 Å². The van der Waals surface area contributed by atoms with Gasteiger partial charge in [-0.1, -0.05) is 17.7 Å². The smallest absolute Gasteiger partial charge is 0.238 e. The molecule has 2 heterocycles. The van der Waals surface area contributed by atoms with Crippen molar-refractivity contribution >= 4 is 17.5 Å². The van der Waals surface area contributed by atoms with Crippen molar-refractivity contribution in [2.24, 2.45) is 5.92 Å². The maximum atomic E-state index is 12.3. The standard InChI is InChI=1S/C20H30N4O2/c1-15-6-8-17(9-7-15)23-19(25)14-24-11-3-4-16(13-24)12-22-20(26)18-5-2-10-21-18/h6-9,16,18,21H,2-5,10-14H2,1H3,(H,22,26)(H,23,25). The first kappa shape index (κ1) is 18.9. The van der Waals surface area contributed by atoms with E-state index in [2.05, 4.69) is 20.9 Å². The molecule has 26 heavy (non-hydrogen) atoms. The van der Waals surface area contributed by atoms with Crippen molar-refractivity contribution in [1.29, 1.82) is 0 Å². The Morgan fingerprint density at radius 1 is 1.19 bits per heavy atom. The number of benzene rings is 1. The molecule has 2 aliphatic rings. The molecule has 2 atom stereocenters. The van der Waals surface area contributed by atoms with E-state index in [1.807, 2.05) is 31.2 Å². The molecular formula is C20H30N4O2. The van der Waals surface area contributed by atoms with Gasteiger partial charge in [-0.2, -0.15) is 0 Å². The molecule has 2 amide bonds. The third-order valence-corrected chi connectivity index (χ3v) is 5.25. The number of nitrogens with one attached hydrogen (secondary N) is 3. The van der Waals surface area contributed by atoms with Gasteiger partial charge in [0.25, 0.3) is 0 Å². The number of hydrogen-bond donors (Lipinski definition) is 3. The summed E-state index contributed by atoms with van der Waals surface area (Å²) >= 11 is 0. The molecule has 1 aromatic rings. The Morgan fingerprint density at radius 3 is 2.73 bits per heavy atom. The van der Waals surface area contributed by atoms with E-state index in [4.69, 9.17) is 0 Å². The van der Waals surface area contributed by atoms with Gasteiger partial charge in [0.1, 0.15) is 0 Å². The number of amides is 2. The van der Waals surface area contributed by atoms with Crippen molar-refractivity contribution in [3.8, 4) is 0 Å². The van der Waals surface area contributed by atoms with Gasteiger partial charge in [0, 0.05) is 18.8 Å². The van der Waals surface area contributed by atoms with Crippen molar-refractivity contribution in [2.45, 2.75) is 38.6 Å². The maximum absolute atomic E-state index is 12.3. The summed E-state index contributed by atoms with van der Waals surface area (Å²) in [6.07, 6.45) is 4.18. The molecule has 3 rings (SSSR count). The number of hydrogen-bond acceptors (Lipinski definition) is 4. The molecular weight excluding hydrogens is 328 g/mol. The highest BCUT2D eigenvalue weighted by atomic mass is 16.2. The Balaban J connectivity index is 1.40. The molecule has 2 aliphatic heterocycles. The van der Waals surface area contributed by atoms with Crippen LogP contribution >= 0.6 is 0 Å². The number of piperidine rings is 1. The second kappa shape index (κ2) is 9.14. The lowest BCUT2D eigenvalue weighted by molar-refractivity contribution is -0.123. The predicted molar refractivity (Wildman–Crippen MR) is 103 cm³/mol. The zero-order valence-corrected chi connectivity index (χ0v) is 15.6. The average Bonchev–Trinajstić information content (AvgIpc) is 3.17. The lowest BCUT2D eigenvalue weighted by Crippen LogP contribution is -2.46. The molecule has 0 bridgehead atoms. The van der Waals surface area contributed by atoms with Gasteiger partial charge in [0.15, 0.2) is 0 Å². The molecule has 6 nitrogen and oxygen atoms in total. The van der Waals surface area contributed by atoms with Crippen LogP contribution in [-0.4, -0.2) is 55.5 Å². The van der Waals surface area contributed by atoms with Gasteiger partial charge >= 0.3 is 0 Å². The Bertz CT molecular complexity index is 611. The van der Waals surface area contributed by atoms with Crippen LogP contribution in [0.4, 0.5) is 5.69 Å². The number of aryl methyl sites for hydroxylation is 1. The van der Waals surface area contributed by atoms with Gasteiger partial charge < -0.3 is 16.0 Å². The molecule has 3 N–H and O–H groups in total. The van der Waals surface area contributed by atoms with Gasteiger partial charge in [0.05, 0.1) is 12.6 Å². The number of likely N-dealkylation sites (tertiary alicyclic amines) is 1. The second-order valence-electron chi connectivity index (χ2n) is 7.55. The average molecular weight is 358 g/mol. The molecule has 0 aliphatic carbocycles. The number of rotatable bonds is 6. The van der Waals surface area contributed by atoms with Gasteiger partial charge in [-0.05, 0) is 63.7 Å². The van der Waals surface area contributed by atoms with Gasteiger partial charge in [-0.25, -0.2) is 0 Å². The first-order chi connectivity index (χ1) is 12.6. The maximum Gasteiger partial charge on any atom is 0.238 e. The Kier molecular flexibility index (Phi) is 6.63. The minimum Gasteiger partial charge on any atom is -0.354 e. The van der Waals surface area contributed by atoms with Crippen LogP contribution in [0.5, 0.6) is 0 Å². The molecule has 2 unspecified atom stereocenters. The first-order valence-electron chi connectivity index (χ1n) is 9.70.